The van der Waals surface area contributed by atoms with E-state index in [2.05, 4.69) is 26.3 Å². The molecule has 0 aliphatic rings. The zero-order valence-electron chi connectivity index (χ0n) is 22.3. The highest BCUT2D eigenvalue weighted by Crippen LogP contribution is 2.16. The van der Waals surface area contributed by atoms with Crippen LogP contribution in [0.5, 0.6) is 0 Å². The number of thiocarbonyl (C=S) groups is 1. The van der Waals surface area contributed by atoms with Gasteiger partial charge in [-0.2, -0.15) is 0 Å². The average molecular weight is 487 g/mol. The molecule has 5 nitrogen and oxygen atoms in total. The number of carboxylic acid groups (broad SMARTS) is 1. The number of rotatable bonds is 23. The van der Waals surface area contributed by atoms with Crippen molar-refractivity contribution in [1.82, 2.24) is 5.32 Å². The number of quaternary nitrogens is 1. The van der Waals surface area contributed by atoms with Crippen LogP contribution in [-0.2, 0) is 9.53 Å². The number of hydrogen-bond donors (Lipinski definition) is 1. The minimum Gasteiger partial charge on any atom is -0.550 e. The highest BCUT2D eigenvalue weighted by molar-refractivity contribution is 7.80. The van der Waals surface area contributed by atoms with Gasteiger partial charge >= 0.3 is 0 Å². The minimum atomic E-state index is -0.974. The van der Waals surface area contributed by atoms with Gasteiger partial charge in [0.25, 0.3) is 5.17 Å². The number of carbonyl (C=O) groups excluding carboxylic acids is 1. The quantitative estimate of drug-likeness (QED) is 0.113. The molecule has 6 heteroatoms. The Kier molecular flexibility index (Phi) is 21.1. The fraction of sp³-hybridized carbons (Fsp3) is 0.926. The second kappa shape index (κ2) is 21.6. The Morgan fingerprint density at radius 1 is 0.848 bits per heavy atom. The lowest BCUT2D eigenvalue weighted by Crippen LogP contribution is -2.48. The molecule has 0 fully saturated rings. The van der Waals surface area contributed by atoms with E-state index in [-0.39, 0.29) is 12.5 Å². The second-order valence-corrected chi connectivity index (χ2v) is 10.6. The Morgan fingerprint density at radius 2 is 1.33 bits per heavy atom. The van der Waals surface area contributed by atoms with Crippen LogP contribution in [0.25, 0.3) is 0 Å². The summed E-state index contributed by atoms with van der Waals surface area (Å²) in [6, 6.07) is 0. The number of carbonyl (C=O) groups is 1. The number of hydrogen-bond acceptors (Lipinski definition) is 4. The van der Waals surface area contributed by atoms with Gasteiger partial charge in [0, 0.05) is 18.9 Å². The van der Waals surface area contributed by atoms with Crippen LogP contribution in [-0.4, -0.2) is 55.5 Å². The SMILES string of the molecule is CCCCCCCCCCCCCCCCC(C[N+](C)(C)CCCC(=O)[O-])OC(=S)NCC. The number of nitrogens with one attached hydrogen (secondary N) is 1. The molecule has 0 aromatic heterocycles. The lowest BCUT2D eigenvalue weighted by Gasteiger charge is -2.34. The molecule has 1 unspecified atom stereocenters. The van der Waals surface area contributed by atoms with E-state index in [9.17, 15) is 9.90 Å². The van der Waals surface area contributed by atoms with Gasteiger partial charge in [-0.25, -0.2) is 0 Å². The van der Waals surface area contributed by atoms with Gasteiger partial charge in [-0.15, -0.1) is 0 Å². The van der Waals surface area contributed by atoms with Gasteiger partial charge in [-0.1, -0.05) is 90.4 Å². The van der Waals surface area contributed by atoms with Crippen LogP contribution >= 0.6 is 12.2 Å². The topological polar surface area (TPSA) is 61.4 Å². The first-order valence-corrected chi connectivity index (χ1v) is 14.2. The van der Waals surface area contributed by atoms with E-state index in [1.165, 1.54) is 83.5 Å². The molecule has 1 N–H and O–H groups in total. The zero-order chi connectivity index (χ0) is 24.8. The predicted molar refractivity (Wildman–Crippen MR) is 142 cm³/mol. The third-order valence-corrected chi connectivity index (χ3v) is 6.56. The summed E-state index contributed by atoms with van der Waals surface area (Å²) in [7, 11) is 4.26. The lowest BCUT2D eigenvalue weighted by molar-refractivity contribution is -0.893. The zero-order valence-corrected chi connectivity index (χ0v) is 23.1. The van der Waals surface area contributed by atoms with Crippen LogP contribution in [0, 0.1) is 0 Å². The first kappa shape index (κ1) is 32.1. The maximum Gasteiger partial charge on any atom is 0.257 e. The van der Waals surface area contributed by atoms with Gasteiger partial charge in [-0.3, -0.25) is 0 Å². The van der Waals surface area contributed by atoms with Crippen LogP contribution in [0.15, 0.2) is 0 Å². The average Bonchev–Trinajstić information content (AvgIpc) is 2.73. The van der Waals surface area contributed by atoms with Crippen LogP contribution in [0.4, 0.5) is 0 Å². The molecule has 0 radical (unpaired) electrons. The Balaban J connectivity index is 3.99. The van der Waals surface area contributed by atoms with E-state index in [4.69, 9.17) is 17.0 Å². The molecule has 0 heterocycles. The molecule has 33 heavy (non-hydrogen) atoms. The monoisotopic (exact) mass is 486 g/mol. The predicted octanol–water partition coefficient (Wildman–Crippen LogP) is 5.74. The highest BCUT2D eigenvalue weighted by atomic mass is 32.1. The Bertz CT molecular complexity index is 486. The molecule has 0 bridgehead atoms. The van der Waals surface area contributed by atoms with Gasteiger partial charge in [0.15, 0.2) is 0 Å². The minimum absolute atomic E-state index is 0.0619. The number of aliphatic carboxylic acids is 1. The molecular formula is C27H54N2O3S. The number of nitrogens with zero attached hydrogens (tertiary/aromatic N) is 1. The van der Waals surface area contributed by atoms with Crippen molar-refractivity contribution in [2.75, 3.05) is 33.7 Å². The summed E-state index contributed by atoms with van der Waals surface area (Å²) in [5.41, 5.74) is 0. The fourth-order valence-corrected chi connectivity index (χ4v) is 4.67. The number of likely N-dealkylation sites (N-methyl/N-ethyl adjacent to an activating group) is 1. The molecule has 0 saturated heterocycles. The van der Waals surface area contributed by atoms with Gasteiger partial charge in [0.05, 0.1) is 20.6 Å². The van der Waals surface area contributed by atoms with Crippen molar-refractivity contribution in [1.29, 1.82) is 0 Å². The van der Waals surface area contributed by atoms with Crippen molar-refractivity contribution < 1.29 is 19.1 Å². The fourth-order valence-electron chi connectivity index (χ4n) is 4.39. The first-order valence-electron chi connectivity index (χ1n) is 13.8. The maximum absolute atomic E-state index is 10.7. The van der Waals surface area contributed by atoms with E-state index >= 15 is 0 Å². The van der Waals surface area contributed by atoms with Gasteiger partial charge in [0.2, 0.25) is 0 Å². The van der Waals surface area contributed by atoms with E-state index in [1.807, 2.05) is 6.92 Å². The maximum atomic E-state index is 10.7. The third-order valence-electron chi connectivity index (χ3n) is 6.32. The molecule has 0 aliphatic heterocycles. The van der Waals surface area contributed by atoms with Crippen LogP contribution < -0.4 is 10.4 Å². The molecule has 0 rings (SSSR count). The van der Waals surface area contributed by atoms with E-state index in [0.29, 0.717) is 11.6 Å². The van der Waals surface area contributed by atoms with Crippen LogP contribution in [0.3, 0.4) is 0 Å². The molecule has 1 atom stereocenters. The second-order valence-electron chi connectivity index (χ2n) is 10.3. The molecule has 0 aliphatic carbocycles. The Hall–Kier alpha value is -0.880. The number of unbranched alkanes of at least 4 members (excludes halogenated alkanes) is 13. The molecular weight excluding hydrogens is 432 g/mol. The van der Waals surface area contributed by atoms with Gasteiger partial charge in [-0.05, 0) is 38.4 Å². The smallest absolute Gasteiger partial charge is 0.257 e. The van der Waals surface area contributed by atoms with Gasteiger partial charge in [0.1, 0.15) is 12.6 Å². The van der Waals surface area contributed by atoms with E-state index in [0.717, 1.165) is 37.0 Å². The van der Waals surface area contributed by atoms with Crippen LogP contribution in [0.1, 0.15) is 123 Å². The lowest BCUT2D eigenvalue weighted by atomic mass is 10.0. The van der Waals surface area contributed by atoms with Crippen molar-refractivity contribution in [3.63, 3.8) is 0 Å². The standard InChI is InChI=1S/C27H54N2O3S/c1-5-7-8-9-10-11-12-13-14-15-16-17-18-19-21-25(32-27(33)28-6-2)24-29(3,4)23-20-22-26(30)31/h25H,5-24H2,1-4H3,(H-,28,30,31,33). The Morgan fingerprint density at radius 3 is 1.79 bits per heavy atom. The molecule has 0 aromatic carbocycles. The van der Waals surface area contributed by atoms with Crippen molar-refractivity contribution >= 4 is 23.4 Å². The van der Waals surface area contributed by atoms with Crippen LogP contribution in [0.2, 0.25) is 0 Å². The molecule has 196 valence electrons. The van der Waals surface area contributed by atoms with Crippen molar-refractivity contribution in [3.8, 4) is 0 Å². The number of carboxylic acids is 1. The summed E-state index contributed by atoms with van der Waals surface area (Å²) >= 11 is 5.32. The highest BCUT2D eigenvalue weighted by Gasteiger charge is 2.24. The molecule has 0 aromatic rings. The summed E-state index contributed by atoms with van der Waals surface area (Å²) in [5.74, 6) is -0.974. The summed E-state index contributed by atoms with van der Waals surface area (Å²) in [4.78, 5) is 10.7. The summed E-state index contributed by atoms with van der Waals surface area (Å²) in [6.45, 7) is 6.67. The summed E-state index contributed by atoms with van der Waals surface area (Å²) < 4.78 is 6.77. The third kappa shape index (κ3) is 22.7. The number of ether oxygens (including phenoxy) is 1. The van der Waals surface area contributed by atoms with Gasteiger partial charge < -0.3 is 24.4 Å². The van der Waals surface area contributed by atoms with Crippen molar-refractivity contribution in [2.45, 2.75) is 129 Å². The van der Waals surface area contributed by atoms with E-state index in [1.54, 1.807) is 0 Å². The summed E-state index contributed by atoms with van der Waals surface area (Å²) in [6.07, 6.45) is 20.8. The van der Waals surface area contributed by atoms with Crippen molar-refractivity contribution in [2.24, 2.45) is 0 Å². The first-order chi connectivity index (χ1) is 15.8. The normalized spacial score (nSPS) is 12.5. The summed E-state index contributed by atoms with van der Waals surface area (Å²) in [5, 5.41) is 14.3. The van der Waals surface area contributed by atoms with Crippen molar-refractivity contribution in [3.05, 3.63) is 0 Å². The molecule has 0 saturated carbocycles. The Labute approximate surface area is 210 Å². The molecule has 0 amide bonds. The largest absolute Gasteiger partial charge is 0.550 e. The van der Waals surface area contributed by atoms with E-state index < -0.39 is 5.97 Å². The molecule has 0 spiro atoms.